The van der Waals surface area contributed by atoms with E-state index in [9.17, 15) is 14.4 Å². The van der Waals surface area contributed by atoms with E-state index in [1.54, 1.807) is 4.90 Å². The predicted molar refractivity (Wildman–Crippen MR) is 128 cm³/mol. The van der Waals surface area contributed by atoms with E-state index < -0.39 is 6.04 Å². The molecule has 8 nitrogen and oxygen atoms in total. The Morgan fingerprint density at radius 2 is 1.77 bits per heavy atom. The number of fused-ring (bicyclic) bond motifs is 1. The van der Waals surface area contributed by atoms with Crippen LogP contribution in [-0.4, -0.2) is 63.8 Å². The highest BCUT2D eigenvalue weighted by Crippen LogP contribution is 2.36. The maximum absolute atomic E-state index is 13.0. The van der Waals surface area contributed by atoms with Crippen LogP contribution in [-0.2, 0) is 16.1 Å². The molecule has 35 heavy (non-hydrogen) atoms. The van der Waals surface area contributed by atoms with Gasteiger partial charge in [0, 0.05) is 56.0 Å². The number of rotatable bonds is 5. The van der Waals surface area contributed by atoms with Gasteiger partial charge in [-0.3, -0.25) is 29.6 Å². The van der Waals surface area contributed by atoms with E-state index in [1.807, 2.05) is 30.6 Å². The molecule has 1 aromatic heterocycles. The lowest BCUT2D eigenvalue weighted by atomic mass is 9.84. The lowest BCUT2D eigenvalue weighted by molar-refractivity contribution is -0.136. The van der Waals surface area contributed by atoms with Crippen LogP contribution in [0.3, 0.4) is 0 Å². The number of carbonyl (C=O) groups is 3. The average Bonchev–Trinajstić information content (AvgIpc) is 3.15. The molecule has 0 bridgehead atoms. The molecule has 2 saturated heterocycles. The first-order valence-corrected chi connectivity index (χ1v) is 12.6. The Morgan fingerprint density at radius 1 is 0.971 bits per heavy atom. The van der Waals surface area contributed by atoms with Crippen LogP contribution in [0, 0.1) is 0 Å². The first-order chi connectivity index (χ1) is 17.1. The summed E-state index contributed by atoms with van der Waals surface area (Å²) in [6, 6.07) is 9.69. The predicted octanol–water partition coefficient (Wildman–Crippen LogP) is 2.63. The van der Waals surface area contributed by atoms with Gasteiger partial charge in [-0.25, -0.2) is 0 Å². The maximum Gasteiger partial charge on any atom is 0.255 e. The molecular formula is C27H30N4O4. The smallest absolute Gasteiger partial charge is 0.255 e. The number of nitrogens with one attached hydrogen (secondary N) is 1. The van der Waals surface area contributed by atoms with E-state index in [4.69, 9.17) is 4.74 Å². The molecule has 3 fully saturated rings. The highest BCUT2D eigenvalue weighted by atomic mass is 16.5. The van der Waals surface area contributed by atoms with E-state index in [0.29, 0.717) is 30.5 Å². The molecule has 3 amide bonds. The summed E-state index contributed by atoms with van der Waals surface area (Å²) in [5, 5.41) is 2.35. The number of ether oxygens (including phenoxy) is 1. The number of benzene rings is 1. The van der Waals surface area contributed by atoms with Gasteiger partial charge < -0.3 is 9.64 Å². The minimum absolute atomic E-state index is 0.128. The molecule has 3 aliphatic heterocycles. The van der Waals surface area contributed by atoms with Crippen molar-refractivity contribution in [2.45, 2.75) is 69.2 Å². The fraction of sp³-hybridized carbons (Fsp3) is 0.481. The summed E-state index contributed by atoms with van der Waals surface area (Å²) in [4.78, 5) is 45.0. The van der Waals surface area contributed by atoms with Gasteiger partial charge in [0.1, 0.15) is 17.9 Å². The molecule has 3 atom stereocenters. The molecule has 1 N–H and O–H groups in total. The summed E-state index contributed by atoms with van der Waals surface area (Å²) in [6.45, 7) is 2.47. The fourth-order valence-electron chi connectivity index (χ4n) is 6.06. The van der Waals surface area contributed by atoms with E-state index in [0.717, 1.165) is 43.7 Å². The second-order valence-corrected chi connectivity index (χ2v) is 10.2. The summed E-state index contributed by atoms with van der Waals surface area (Å²) >= 11 is 0. The number of carbonyl (C=O) groups excluding carboxylic acids is 3. The average molecular weight is 475 g/mol. The Bertz CT molecular complexity index is 1150. The molecule has 0 radical (unpaired) electrons. The quantitative estimate of drug-likeness (QED) is 0.670. The lowest BCUT2D eigenvalue weighted by Gasteiger charge is -2.48. The van der Waals surface area contributed by atoms with Gasteiger partial charge in [-0.15, -0.1) is 0 Å². The molecule has 0 spiro atoms. The van der Waals surface area contributed by atoms with Crippen LogP contribution in [0.5, 0.6) is 5.75 Å². The molecule has 8 heteroatoms. The molecule has 1 saturated carbocycles. The van der Waals surface area contributed by atoms with Crippen LogP contribution in [0.2, 0.25) is 0 Å². The lowest BCUT2D eigenvalue weighted by Crippen LogP contribution is -2.57. The van der Waals surface area contributed by atoms with E-state index in [1.165, 1.54) is 12.0 Å². The normalized spacial score (nSPS) is 27.4. The second-order valence-electron chi connectivity index (χ2n) is 10.2. The standard InChI is InChI=1S/C27H30N4O4/c32-25-8-7-23(26(33)29-25)31-16-18-13-20(5-6-21(18)27(31)34)35-24-4-2-1-3-22(24)30-14-19(15-30)17-9-11-28-12-10-17/h5-6,9-13,19,22-24H,1-4,7-8,14-16H2,(H,29,32,33)/t22-,23+,24-/m0/s1. The maximum atomic E-state index is 13.0. The van der Waals surface area contributed by atoms with Gasteiger partial charge in [0.25, 0.3) is 5.91 Å². The van der Waals surface area contributed by atoms with Crippen LogP contribution in [0.25, 0.3) is 0 Å². The summed E-state index contributed by atoms with van der Waals surface area (Å²) in [7, 11) is 0. The Balaban J connectivity index is 1.12. The second kappa shape index (κ2) is 9.07. The highest BCUT2D eigenvalue weighted by Gasteiger charge is 2.41. The molecule has 4 aliphatic rings. The number of aromatic nitrogens is 1. The number of hydrogen-bond donors (Lipinski definition) is 1. The third-order valence-corrected chi connectivity index (χ3v) is 8.01. The van der Waals surface area contributed by atoms with Crippen molar-refractivity contribution in [1.29, 1.82) is 0 Å². The van der Waals surface area contributed by atoms with Gasteiger partial charge in [0.2, 0.25) is 11.8 Å². The Labute approximate surface area is 204 Å². The van der Waals surface area contributed by atoms with E-state index >= 15 is 0 Å². The summed E-state index contributed by atoms with van der Waals surface area (Å²) < 4.78 is 6.54. The van der Waals surface area contributed by atoms with Crippen molar-refractivity contribution < 1.29 is 19.1 Å². The first kappa shape index (κ1) is 22.2. The third-order valence-electron chi connectivity index (χ3n) is 8.01. The third kappa shape index (κ3) is 4.20. The van der Waals surface area contributed by atoms with Crippen molar-refractivity contribution >= 4 is 17.7 Å². The zero-order chi connectivity index (χ0) is 23.9. The zero-order valence-corrected chi connectivity index (χ0v) is 19.7. The molecule has 0 unspecified atom stereocenters. The van der Waals surface area contributed by atoms with Crippen molar-refractivity contribution in [3.63, 3.8) is 0 Å². The Morgan fingerprint density at radius 3 is 2.57 bits per heavy atom. The summed E-state index contributed by atoms with van der Waals surface area (Å²) in [5.41, 5.74) is 2.85. The van der Waals surface area contributed by atoms with Crippen molar-refractivity contribution in [2.75, 3.05) is 13.1 Å². The minimum Gasteiger partial charge on any atom is -0.489 e. The van der Waals surface area contributed by atoms with Gasteiger partial charge in [0.15, 0.2) is 0 Å². The van der Waals surface area contributed by atoms with Crippen LogP contribution in [0.15, 0.2) is 42.7 Å². The monoisotopic (exact) mass is 474 g/mol. The van der Waals surface area contributed by atoms with E-state index in [-0.39, 0.29) is 30.2 Å². The minimum atomic E-state index is -0.598. The van der Waals surface area contributed by atoms with Crippen LogP contribution < -0.4 is 10.1 Å². The van der Waals surface area contributed by atoms with Crippen LogP contribution >= 0.6 is 0 Å². The number of pyridine rings is 1. The molecule has 2 aromatic rings. The number of nitrogens with zero attached hydrogens (tertiary/aromatic N) is 3. The van der Waals surface area contributed by atoms with Gasteiger partial charge in [-0.05, 0) is 67.1 Å². The van der Waals surface area contributed by atoms with Crippen LogP contribution in [0.1, 0.15) is 65.9 Å². The highest BCUT2D eigenvalue weighted by molar-refractivity contribution is 6.05. The van der Waals surface area contributed by atoms with Gasteiger partial charge in [-0.1, -0.05) is 6.42 Å². The Hall–Kier alpha value is -3.26. The fourth-order valence-corrected chi connectivity index (χ4v) is 6.06. The van der Waals surface area contributed by atoms with Crippen LogP contribution in [0.4, 0.5) is 0 Å². The van der Waals surface area contributed by atoms with Crippen molar-refractivity contribution in [2.24, 2.45) is 0 Å². The summed E-state index contributed by atoms with van der Waals surface area (Å²) in [5.74, 6) is 0.528. The number of amides is 3. The Kier molecular flexibility index (Phi) is 5.76. The van der Waals surface area contributed by atoms with Gasteiger partial charge >= 0.3 is 0 Å². The number of imide groups is 1. The van der Waals surface area contributed by atoms with Crippen molar-refractivity contribution in [3.8, 4) is 5.75 Å². The zero-order valence-electron chi connectivity index (χ0n) is 19.7. The summed E-state index contributed by atoms with van der Waals surface area (Å²) in [6.07, 6.45) is 9.04. The first-order valence-electron chi connectivity index (χ1n) is 12.6. The van der Waals surface area contributed by atoms with E-state index in [2.05, 4.69) is 27.3 Å². The number of piperidine rings is 1. The van der Waals surface area contributed by atoms with Gasteiger partial charge in [-0.2, -0.15) is 0 Å². The molecule has 182 valence electrons. The SMILES string of the molecule is O=C1CC[C@@H](N2Cc3cc(O[C@H]4CCCC[C@@H]4N4CC(c5ccncc5)C4)ccc3C2=O)C(=O)N1. The molecule has 6 rings (SSSR count). The molecule has 1 aliphatic carbocycles. The molecular weight excluding hydrogens is 444 g/mol. The largest absolute Gasteiger partial charge is 0.489 e. The molecule has 1 aromatic carbocycles. The topological polar surface area (TPSA) is 91.8 Å². The number of likely N-dealkylation sites (tertiary alicyclic amines) is 1. The van der Waals surface area contributed by atoms with Crippen molar-refractivity contribution in [1.82, 2.24) is 20.1 Å². The number of hydrogen-bond acceptors (Lipinski definition) is 6. The van der Waals surface area contributed by atoms with Gasteiger partial charge in [0.05, 0.1) is 0 Å². The van der Waals surface area contributed by atoms with Crippen molar-refractivity contribution in [3.05, 3.63) is 59.4 Å². The molecule has 4 heterocycles.